The topological polar surface area (TPSA) is 9.23 Å². The summed E-state index contributed by atoms with van der Waals surface area (Å²) in [6.45, 7) is 0. The molecule has 0 aromatic heterocycles. The van der Waals surface area contributed by atoms with Crippen LogP contribution in [0.5, 0.6) is 0 Å². The van der Waals surface area contributed by atoms with E-state index in [4.69, 9.17) is 4.74 Å². The molecule has 0 aliphatic carbocycles. The van der Waals surface area contributed by atoms with E-state index in [1.807, 2.05) is 6.07 Å². The van der Waals surface area contributed by atoms with Crippen LogP contribution in [0.3, 0.4) is 0 Å². The van der Waals surface area contributed by atoms with Gasteiger partial charge < -0.3 is 4.74 Å². The summed E-state index contributed by atoms with van der Waals surface area (Å²) in [7, 11) is 1.78. The number of methoxy groups -OCH3 is 1. The molecule has 0 N–H and O–H groups in total. The van der Waals surface area contributed by atoms with Crippen molar-refractivity contribution in [3.63, 3.8) is 0 Å². The molecule has 1 nitrogen and oxygen atoms in total. The molecule has 0 radical (unpaired) electrons. The third-order valence-electron chi connectivity index (χ3n) is 2.69. The van der Waals surface area contributed by atoms with Crippen molar-refractivity contribution in [3.8, 4) is 0 Å². The highest BCUT2D eigenvalue weighted by Gasteiger charge is 2.03. The van der Waals surface area contributed by atoms with Gasteiger partial charge in [0, 0.05) is 13.5 Å². The van der Waals surface area contributed by atoms with Crippen molar-refractivity contribution in [2.75, 3.05) is 11.5 Å². The number of hydrogen-bond donors (Lipinski definition) is 0. The molecule has 1 aromatic rings. The number of halogens is 1. The Morgan fingerprint density at radius 3 is 2.65 bits per heavy atom. The molecule has 0 saturated carbocycles. The van der Waals surface area contributed by atoms with E-state index in [2.05, 4.69) is 59.0 Å². The van der Waals surface area contributed by atoms with Crippen LogP contribution >= 0.6 is 22.6 Å². The first-order chi connectivity index (χ1) is 8.36. The van der Waals surface area contributed by atoms with Gasteiger partial charge in [-0.2, -0.15) is 0 Å². The van der Waals surface area contributed by atoms with Crippen molar-refractivity contribution in [2.45, 2.75) is 31.8 Å². The molecule has 0 heterocycles. The predicted molar refractivity (Wildman–Crippen MR) is 82.8 cm³/mol. The Morgan fingerprint density at radius 1 is 1.24 bits per heavy atom. The van der Waals surface area contributed by atoms with Crippen molar-refractivity contribution in [3.05, 3.63) is 48.0 Å². The fraction of sp³-hybridized carbons (Fsp3) is 0.467. The SMILES string of the molecule is COC(/C=C\CCCCI)Cc1ccccc1. The molecule has 94 valence electrons. The molecule has 17 heavy (non-hydrogen) atoms. The van der Waals surface area contributed by atoms with Crippen molar-refractivity contribution in [1.82, 2.24) is 0 Å². The molecule has 2 heteroatoms. The molecule has 1 atom stereocenters. The van der Waals surface area contributed by atoms with Crippen LogP contribution in [0, 0.1) is 0 Å². The van der Waals surface area contributed by atoms with E-state index in [1.165, 1.54) is 22.8 Å². The quantitative estimate of drug-likeness (QED) is 0.294. The summed E-state index contributed by atoms with van der Waals surface area (Å²) in [5, 5.41) is 0. The average Bonchev–Trinajstić information content (AvgIpc) is 2.38. The Hall–Kier alpha value is -0.350. The molecule has 1 unspecified atom stereocenters. The van der Waals surface area contributed by atoms with E-state index in [1.54, 1.807) is 7.11 Å². The summed E-state index contributed by atoms with van der Waals surface area (Å²) < 4.78 is 6.73. The molecule has 0 fully saturated rings. The highest BCUT2D eigenvalue weighted by Crippen LogP contribution is 2.08. The molecule has 0 aliphatic heterocycles. The Morgan fingerprint density at radius 2 is 2.00 bits per heavy atom. The van der Waals surface area contributed by atoms with Gasteiger partial charge in [0.2, 0.25) is 0 Å². The van der Waals surface area contributed by atoms with E-state index in [-0.39, 0.29) is 6.10 Å². The first kappa shape index (κ1) is 14.7. The van der Waals surface area contributed by atoms with Crippen LogP contribution in [0.25, 0.3) is 0 Å². The number of unbranched alkanes of at least 4 members (excludes halogenated alkanes) is 2. The highest BCUT2D eigenvalue weighted by molar-refractivity contribution is 14.1. The lowest BCUT2D eigenvalue weighted by atomic mass is 10.1. The van der Waals surface area contributed by atoms with Gasteiger partial charge in [-0.15, -0.1) is 0 Å². The van der Waals surface area contributed by atoms with E-state index >= 15 is 0 Å². The fourth-order valence-electron chi connectivity index (χ4n) is 1.68. The van der Waals surface area contributed by atoms with Crippen molar-refractivity contribution < 1.29 is 4.74 Å². The number of alkyl halides is 1. The maximum absolute atomic E-state index is 5.47. The molecule has 0 bridgehead atoms. The van der Waals surface area contributed by atoms with Gasteiger partial charge in [0.1, 0.15) is 0 Å². The third-order valence-corrected chi connectivity index (χ3v) is 3.45. The Kier molecular flexibility index (Phi) is 8.36. The van der Waals surface area contributed by atoms with Gasteiger partial charge in [-0.05, 0) is 29.3 Å². The standard InChI is InChI=1S/C15H21IO/c1-17-15(11-7-2-3-8-12-16)13-14-9-5-4-6-10-14/h4-7,9-11,15H,2-3,8,12-13H2,1H3/b11-7-. The lowest BCUT2D eigenvalue weighted by molar-refractivity contribution is 0.141. The zero-order valence-electron chi connectivity index (χ0n) is 10.4. The highest BCUT2D eigenvalue weighted by atomic mass is 127. The van der Waals surface area contributed by atoms with E-state index in [9.17, 15) is 0 Å². The average molecular weight is 344 g/mol. The van der Waals surface area contributed by atoms with Crippen molar-refractivity contribution >= 4 is 22.6 Å². The lowest BCUT2D eigenvalue weighted by Crippen LogP contribution is -2.10. The van der Waals surface area contributed by atoms with Crippen LogP contribution in [-0.4, -0.2) is 17.6 Å². The van der Waals surface area contributed by atoms with Gasteiger partial charge >= 0.3 is 0 Å². The number of allylic oxidation sites excluding steroid dienone is 1. The zero-order valence-corrected chi connectivity index (χ0v) is 12.6. The second-order valence-corrected chi connectivity index (χ2v) is 5.16. The minimum Gasteiger partial charge on any atom is -0.377 e. The normalized spacial score (nSPS) is 13.1. The monoisotopic (exact) mass is 344 g/mol. The summed E-state index contributed by atoms with van der Waals surface area (Å²) in [6, 6.07) is 10.5. The summed E-state index contributed by atoms with van der Waals surface area (Å²) in [5.41, 5.74) is 1.33. The largest absolute Gasteiger partial charge is 0.377 e. The number of hydrogen-bond acceptors (Lipinski definition) is 1. The van der Waals surface area contributed by atoms with E-state index in [0.717, 1.165) is 12.8 Å². The van der Waals surface area contributed by atoms with Gasteiger partial charge in [0.15, 0.2) is 0 Å². The summed E-state index contributed by atoms with van der Waals surface area (Å²) in [4.78, 5) is 0. The van der Waals surface area contributed by atoms with Crippen LogP contribution in [0.15, 0.2) is 42.5 Å². The van der Waals surface area contributed by atoms with E-state index < -0.39 is 0 Å². The third kappa shape index (κ3) is 6.84. The van der Waals surface area contributed by atoms with Gasteiger partial charge in [-0.1, -0.05) is 65.1 Å². The molecular weight excluding hydrogens is 323 g/mol. The summed E-state index contributed by atoms with van der Waals surface area (Å²) >= 11 is 2.43. The van der Waals surface area contributed by atoms with Crippen molar-refractivity contribution in [2.24, 2.45) is 0 Å². The summed E-state index contributed by atoms with van der Waals surface area (Å²) in [6.07, 6.45) is 9.36. The number of rotatable bonds is 8. The van der Waals surface area contributed by atoms with Crippen molar-refractivity contribution in [1.29, 1.82) is 0 Å². The second-order valence-electron chi connectivity index (χ2n) is 4.08. The van der Waals surface area contributed by atoms with Crippen LogP contribution in [0.4, 0.5) is 0 Å². The first-order valence-electron chi connectivity index (χ1n) is 6.16. The molecule has 0 aliphatic rings. The minimum absolute atomic E-state index is 0.206. The maximum Gasteiger partial charge on any atom is 0.0792 e. The smallest absolute Gasteiger partial charge is 0.0792 e. The first-order valence-corrected chi connectivity index (χ1v) is 7.68. The maximum atomic E-state index is 5.47. The zero-order chi connectivity index (χ0) is 12.3. The fourth-order valence-corrected chi connectivity index (χ4v) is 2.22. The van der Waals surface area contributed by atoms with Crippen LogP contribution < -0.4 is 0 Å². The minimum atomic E-state index is 0.206. The molecule has 0 spiro atoms. The Labute approximate surface area is 118 Å². The Balaban J connectivity index is 2.33. The lowest BCUT2D eigenvalue weighted by Gasteiger charge is -2.10. The second kappa shape index (κ2) is 9.66. The van der Waals surface area contributed by atoms with Crippen LogP contribution in [0.2, 0.25) is 0 Å². The van der Waals surface area contributed by atoms with Crippen LogP contribution in [-0.2, 0) is 11.2 Å². The van der Waals surface area contributed by atoms with E-state index in [0.29, 0.717) is 0 Å². The summed E-state index contributed by atoms with van der Waals surface area (Å²) in [5.74, 6) is 0. The Bertz CT molecular complexity index is 308. The van der Waals surface area contributed by atoms with Gasteiger partial charge in [-0.25, -0.2) is 0 Å². The number of ether oxygens (including phenoxy) is 1. The molecule has 0 saturated heterocycles. The van der Waals surface area contributed by atoms with Crippen LogP contribution in [0.1, 0.15) is 24.8 Å². The molecule has 1 aromatic carbocycles. The molecular formula is C15H21IO. The molecule has 1 rings (SSSR count). The predicted octanol–water partition coefficient (Wildman–Crippen LogP) is 4.41. The molecule has 0 amide bonds. The van der Waals surface area contributed by atoms with Gasteiger partial charge in [0.25, 0.3) is 0 Å². The van der Waals surface area contributed by atoms with Gasteiger partial charge in [-0.3, -0.25) is 0 Å². The number of benzene rings is 1. The van der Waals surface area contributed by atoms with Gasteiger partial charge in [0.05, 0.1) is 6.10 Å².